The van der Waals surface area contributed by atoms with E-state index < -0.39 is 5.91 Å². The molecule has 1 fully saturated rings. The summed E-state index contributed by atoms with van der Waals surface area (Å²) >= 11 is 11.9. The summed E-state index contributed by atoms with van der Waals surface area (Å²) in [6.07, 6.45) is 1.75. The third-order valence-corrected chi connectivity index (χ3v) is 5.98. The van der Waals surface area contributed by atoms with Gasteiger partial charge in [-0.25, -0.2) is 4.90 Å². The molecule has 0 aliphatic carbocycles. The molecule has 0 atom stereocenters. The van der Waals surface area contributed by atoms with Crippen LogP contribution in [0.1, 0.15) is 15.9 Å². The highest BCUT2D eigenvalue weighted by Gasteiger charge is 2.37. The number of benzene rings is 2. The molecule has 0 unspecified atom stereocenters. The Morgan fingerprint density at radius 3 is 2.50 bits per heavy atom. The van der Waals surface area contributed by atoms with Crippen LogP contribution in [0.3, 0.4) is 0 Å². The Bertz CT molecular complexity index is 880. The van der Waals surface area contributed by atoms with Crippen molar-refractivity contribution in [2.24, 2.45) is 0 Å². The minimum Gasteiger partial charge on any atom is -0.268 e. The molecule has 24 heavy (non-hydrogen) atoms. The van der Waals surface area contributed by atoms with Crippen molar-refractivity contribution >= 4 is 84.7 Å². The summed E-state index contributed by atoms with van der Waals surface area (Å²) in [5, 5.41) is 0. The van der Waals surface area contributed by atoms with Crippen LogP contribution in [0.2, 0.25) is 0 Å². The van der Waals surface area contributed by atoms with Gasteiger partial charge in [-0.3, -0.25) is 9.59 Å². The molecule has 0 N–H and O–H groups in total. The number of thiocarbonyl (C=S) groups is 1. The summed E-state index contributed by atoms with van der Waals surface area (Å²) in [5.41, 5.74) is 1.30. The van der Waals surface area contributed by atoms with Gasteiger partial charge < -0.3 is 0 Å². The van der Waals surface area contributed by atoms with Gasteiger partial charge in [-0.2, -0.15) is 0 Å². The van der Waals surface area contributed by atoms with Crippen molar-refractivity contribution in [3.63, 3.8) is 0 Å². The average molecular weight is 530 g/mol. The summed E-state index contributed by atoms with van der Waals surface area (Å²) in [4.78, 5) is 26.8. The lowest BCUT2D eigenvalue weighted by atomic mass is 10.2. The average Bonchev–Trinajstić information content (AvgIpc) is 2.83. The molecule has 2 amide bonds. The number of hydrogen-bond acceptors (Lipinski definition) is 4. The zero-order chi connectivity index (χ0) is 17.3. The first-order valence-electron chi connectivity index (χ1n) is 6.80. The summed E-state index contributed by atoms with van der Waals surface area (Å²) in [6.45, 7) is 0. The lowest BCUT2D eigenvalue weighted by Crippen LogP contribution is -2.34. The fraction of sp³-hybridized carbons (Fsp3) is 0. The molecule has 3 nitrogen and oxygen atoms in total. The smallest absolute Gasteiger partial charge is 0.268 e. The van der Waals surface area contributed by atoms with Gasteiger partial charge in [0.25, 0.3) is 11.8 Å². The van der Waals surface area contributed by atoms with Gasteiger partial charge >= 0.3 is 0 Å². The van der Waals surface area contributed by atoms with Gasteiger partial charge in [0, 0.05) is 8.04 Å². The first kappa shape index (κ1) is 17.8. The lowest BCUT2D eigenvalue weighted by Gasteiger charge is -2.13. The number of imide groups is 1. The Hall–Kier alpha value is -1.03. The van der Waals surface area contributed by atoms with E-state index in [0.29, 0.717) is 14.9 Å². The summed E-state index contributed by atoms with van der Waals surface area (Å²) in [7, 11) is 0. The molecule has 1 aliphatic rings. The maximum Gasteiger partial charge on any atom is 0.273 e. The largest absolute Gasteiger partial charge is 0.273 e. The molecule has 2 aromatic rings. The molecule has 1 heterocycles. The predicted octanol–water partition coefficient (Wildman–Crippen LogP) is 5.10. The highest BCUT2D eigenvalue weighted by molar-refractivity contribution is 14.1. The van der Waals surface area contributed by atoms with Gasteiger partial charge in [0.2, 0.25) is 0 Å². The number of thioether (sulfide) groups is 1. The number of amides is 2. The second-order valence-electron chi connectivity index (χ2n) is 4.85. The number of carbonyl (C=O) groups is 2. The zero-order valence-corrected chi connectivity index (χ0v) is 17.4. The van der Waals surface area contributed by atoms with Gasteiger partial charge in [-0.1, -0.05) is 48.2 Å². The van der Waals surface area contributed by atoms with E-state index in [1.54, 1.807) is 24.3 Å². The van der Waals surface area contributed by atoms with Crippen LogP contribution >= 0.6 is 62.5 Å². The quantitative estimate of drug-likeness (QED) is 0.235. The minimum absolute atomic E-state index is 0.248. The van der Waals surface area contributed by atoms with E-state index in [1.165, 1.54) is 0 Å². The zero-order valence-electron chi connectivity index (χ0n) is 12.0. The van der Waals surface area contributed by atoms with Crippen LogP contribution in [0.5, 0.6) is 0 Å². The van der Waals surface area contributed by atoms with E-state index in [2.05, 4.69) is 38.5 Å². The van der Waals surface area contributed by atoms with Crippen molar-refractivity contribution in [1.29, 1.82) is 0 Å². The van der Waals surface area contributed by atoms with E-state index in [-0.39, 0.29) is 10.2 Å². The highest BCUT2D eigenvalue weighted by Crippen LogP contribution is 2.34. The van der Waals surface area contributed by atoms with Crippen LogP contribution in [0.25, 0.3) is 6.08 Å². The standard InChI is InChI=1S/C17H9BrINO2S2/c18-13-4-2-1-3-12(13)15(21)20-16(22)14(24-17(20)23)9-10-5-7-11(19)8-6-10/h1-9H/b14-9+. The molecule has 0 saturated carbocycles. The van der Waals surface area contributed by atoms with Gasteiger partial charge in [0.15, 0.2) is 4.32 Å². The second-order valence-corrected chi connectivity index (χ2v) is 8.63. The molecule has 120 valence electrons. The summed E-state index contributed by atoms with van der Waals surface area (Å²) in [5.74, 6) is -0.805. The molecule has 0 radical (unpaired) electrons. The Kier molecular flexibility index (Phi) is 5.53. The highest BCUT2D eigenvalue weighted by atomic mass is 127. The topological polar surface area (TPSA) is 37.4 Å². The maximum absolute atomic E-state index is 12.7. The molecule has 0 bridgehead atoms. The molecular formula is C17H9BrINO2S2. The minimum atomic E-state index is -0.420. The number of rotatable bonds is 2. The Morgan fingerprint density at radius 1 is 1.17 bits per heavy atom. The van der Waals surface area contributed by atoms with Gasteiger partial charge in [-0.05, 0) is 74.4 Å². The molecule has 1 aliphatic heterocycles. The Balaban J connectivity index is 1.91. The van der Waals surface area contributed by atoms with Crippen molar-refractivity contribution in [3.05, 3.63) is 72.6 Å². The summed E-state index contributed by atoms with van der Waals surface area (Å²) in [6, 6.07) is 14.7. The van der Waals surface area contributed by atoms with Gasteiger partial charge in [0.1, 0.15) is 0 Å². The third kappa shape index (κ3) is 3.63. The van der Waals surface area contributed by atoms with E-state index in [4.69, 9.17) is 12.2 Å². The second kappa shape index (κ2) is 7.47. The van der Waals surface area contributed by atoms with Crippen molar-refractivity contribution in [2.45, 2.75) is 0 Å². The molecule has 7 heteroatoms. The number of nitrogens with zero attached hydrogens (tertiary/aromatic N) is 1. The molecule has 3 rings (SSSR count). The van der Waals surface area contributed by atoms with Crippen LogP contribution in [0.4, 0.5) is 0 Å². The lowest BCUT2D eigenvalue weighted by molar-refractivity contribution is -0.120. The van der Waals surface area contributed by atoms with Gasteiger partial charge in [0.05, 0.1) is 10.5 Å². The Labute approximate surface area is 170 Å². The Morgan fingerprint density at radius 2 is 1.83 bits per heavy atom. The monoisotopic (exact) mass is 529 g/mol. The SMILES string of the molecule is O=C1/C(=C\c2ccc(I)cc2)SC(=S)N1C(=O)c1ccccc1Br. The number of hydrogen-bond donors (Lipinski definition) is 0. The van der Waals surface area contributed by atoms with Crippen LogP contribution in [0, 0.1) is 3.57 Å². The first-order valence-corrected chi connectivity index (χ1v) is 9.89. The van der Waals surface area contributed by atoms with Crippen molar-refractivity contribution in [2.75, 3.05) is 0 Å². The van der Waals surface area contributed by atoms with E-state index in [0.717, 1.165) is 25.8 Å². The van der Waals surface area contributed by atoms with Gasteiger partial charge in [-0.15, -0.1) is 0 Å². The van der Waals surface area contributed by atoms with Crippen LogP contribution in [-0.4, -0.2) is 21.0 Å². The van der Waals surface area contributed by atoms with Crippen molar-refractivity contribution in [3.8, 4) is 0 Å². The predicted molar refractivity (Wildman–Crippen MR) is 113 cm³/mol. The normalized spacial score (nSPS) is 16.1. The molecule has 0 aromatic heterocycles. The fourth-order valence-corrected chi connectivity index (χ4v) is 4.18. The fourth-order valence-electron chi connectivity index (χ4n) is 2.11. The molecule has 2 aromatic carbocycles. The number of carbonyl (C=O) groups excluding carboxylic acids is 2. The van der Waals surface area contributed by atoms with E-state index in [1.807, 2.05) is 30.3 Å². The van der Waals surface area contributed by atoms with Crippen LogP contribution in [0.15, 0.2) is 57.9 Å². The van der Waals surface area contributed by atoms with Crippen molar-refractivity contribution < 1.29 is 9.59 Å². The van der Waals surface area contributed by atoms with E-state index >= 15 is 0 Å². The van der Waals surface area contributed by atoms with Crippen LogP contribution < -0.4 is 0 Å². The third-order valence-electron chi connectivity index (χ3n) is 3.27. The van der Waals surface area contributed by atoms with Crippen LogP contribution in [-0.2, 0) is 4.79 Å². The molecule has 0 spiro atoms. The first-order chi connectivity index (χ1) is 11.5. The summed E-state index contributed by atoms with van der Waals surface area (Å²) < 4.78 is 1.99. The van der Waals surface area contributed by atoms with E-state index in [9.17, 15) is 9.59 Å². The molecular weight excluding hydrogens is 521 g/mol. The number of halogens is 2. The maximum atomic E-state index is 12.7. The van der Waals surface area contributed by atoms with Crippen molar-refractivity contribution in [1.82, 2.24) is 4.90 Å². The molecule has 1 saturated heterocycles.